The lowest BCUT2D eigenvalue weighted by atomic mass is 10.0. The van der Waals surface area contributed by atoms with Crippen molar-refractivity contribution in [2.24, 2.45) is 0 Å². The van der Waals surface area contributed by atoms with Gasteiger partial charge in [0.25, 0.3) is 5.89 Å². The third-order valence-electron chi connectivity index (χ3n) is 4.59. The first-order valence-corrected chi connectivity index (χ1v) is 8.72. The van der Waals surface area contributed by atoms with Crippen LogP contribution < -0.4 is 0 Å². The van der Waals surface area contributed by atoms with Crippen LogP contribution in [0.3, 0.4) is 0 Å². The van der Waals surface area contributed by atoms with Gasteiger partial charge in [0.15, 0.2) is 11.5 Å². The maximum Gasteiger partial charge on any atom is 0.278 e. The Morgan fingerprint density at radius 1 is 1.31 bits per heavy atom. The Kier molecular flexibility index (Phi) is 3.27. The number of nitrogens with zero attached hydrogens (tertiary/aromatic N) is 5. The van der Waals surface area contributed by atoms with Gasteiger partial charge < -0.3 is 9.09 Å². The molecule has 0 unspecified atom stereocenters. The minimum atomic E-state index is 0.192. The van der Waals surface area contributed by atoms with Crippen LogP contribution in [0, 0.1) is 0 Å². The third-order valence-corrected chi connectivity index (χ3v) is 4.83. The van der Waals surface area contributed by atoms with E-state index in [1.165, 1.54) is 0 Å². The Balaban J connectivity index is 1.74. The Labute approximate surface area is 154 Å². The SMILES string of the molecule is CC(C)c1noc(-c2ncn3c2Cc2cn[nH]c2-c2cc(Cl)ccc2-3)n1. The maximum atomic E-state index is 6.23. The number of imidazole rings is 1. The fraction of sp³-hybridized carbons (Fsp3) is 0.222. The lowest BCUT2D eigenvalue weighted by Gasteiger charge is -2.09. The number of rotatable bonds is 2. The van der Waals surface area contributed by atoms with E-state index in [9.17, 15) is 0 Å². The average molecular weight is 367 g/mol. The van der Waals surface area contributed by atoms with E-state index in [-0.39, 0.29) is 5.92 Å². The molecular formula is C18H15ClN6O. The van der Waals surface area contributed by atoms with Crippen LogP contribution in [0.25, 0.3) is 28.5 Å². The first kappa shape index (κ1) is 15.3. The zero-order chi connectivity index (χ0) is 17.8. The highest BCUT2D eigenvalue weighted by atomic mass is 35.5. The van der Waals surface area contributed by atoms with E-state index in [1.807, 2.05) is 42.8 Å². The van der Waals surface area contributed by atoms with Gasteiger partial charge in [0, 0.05) is 28.5 Å². The highest BCUT2D eigenvalue weighted by Crippen LogP contribution is 2.38. The molecule has 1 aliphatic heterocycles. The van der Waals surface area contributed by atoms with Gasteiger partial charge in [-0.15, -0.1) is 0 Å². The van der Waals surface area contributed by atoms with E-state index >= 15 is 0 Å². The Hall–Kier alpha value is -2.93. The molecule has 8 heteroatoms. The van der Waals surface area contributed by atoms with Crippen molar-refractivity contribution in [3.8, 4) is 28.5 Å². The predicted molar refractivity (Wildman–Crippen MR) is 96.3 cm³/mol. The molecule has 0 aliphatic carbocycles. The molecule has 130 valence electrons. The first-order chi connectivity index (χ1) is 12.6. The van der Waals surface area contributed by atoms with E-state index in [2.05, 4.69) is 25.3 Å². The van der Waals surface area contributed by atoms with Crippen molar-refractivity contribution in [1.29, 1.82) is 0 Å². The Morgan fingerprint density at radius 3 is 3.00 bits per heavy atom. The summed E-state index contributed by atoms with van der Waals surface area (Å²) < 4.78 is 7.52. The summed E-state index contributed by atoms with van der Waals surface area (Å²) >= 11 is 6.23. The van der Waals surface area contributed by atoms with Crippen molar-refractivity contribution in [3.63, 3.8) is 0 Å². The van der Waals surface area contributed by atoms with Crippen LogP contribution in [0.4, 0.5) is 0 Å². The van der Waals surface area contributed by atoms with Crippen LogP contribution in [0.2, 0.25) is 5.02 Å². The smallest absolute Gasteiger partial charge is 0.278 e. The van der Waals surface area contributed by atoms with Gasteiger partial charge in [-0.05, 0) is 18.2 Å². The van der Waals surface area contributed by atoms with Crippen molar-refractivity contribution in [2.45, 2.75) is 26.2 Å². The van der Waals surface area contributed by atoms with Crippen LogP contribution >= 0.6 is 11.6 Å². The second-order valence-corrected chi connectivity index (χ2v) is 7.07. The van der Waals surface area contributed by atoms with Gasteiger partial charge in [-0.25, -0.2) is 4.98 Å². The molecule has 0 spiro atoms. The van der Waals surface area contributed by atoms with E-state index in [0.717, 1.165) is 28.2 Å². The summed E-state index contributed by atoms with van der Waals surface area (Å²) in [5.74, 6) is 1.30. The van der Waals surface area contributed by atoms with Gasteiger partial charge in [0.05, 0.1) is 23.3 Å². The molecule has 7 nitrogen and oxygen atoms in total. The topological polar surface area (TPSA) is 85.4 Å². The molecule has 4 aromatic rings. The molecule has 0 radical (unpaired) electrons. The Morgan fingerprint density at radius 2 is 2.19 bits per heavy atom. The van der Waals surface area contributed by atoms with Gasteiger partial charge >= 0.3 is 0 Å². The number of H-pyrrole nitrogens is 1. The largest absolute Gasteiger partial charge is 0.332 e. The molecule has 5 rings (SSSR count). The standard InChI is InChI=1S/C18H15ClN6O/c1-9(2)17-22-18(26-24-17)16-14-5-10-7-21-23-15(10)12-6-11(19)3-4-13(12)25(14)8-20-16/h3-4,6-9H,5H2,1-2H3,(H,21,23). The summed E-state index contributed by atoms with van der Waals surface area (Å²) in [6.45, 7) is 4.06. The maximum absolute atomic E-state index is 6.23. The fourth-order valence-corrected chi connectivity index (χ4v) is 3.44. The van der Waals surface area contributed by atoms with Gasteiger partial charge in [0.1, 0.15) is 6.33 Å². The number of aromatic amines is 1. The van der Waals surface area contributed by atoms with Gasteiger partial charge in [-0.2, -0.15) is 10.1 Å². The number of aromatic nitrogens is 6. The number of nitrogens with one attached hydrogen (secondary N) is 1. The van der Waals surface area contributed by atoms with Crippen molar-refractivity contribution in [1.82, 2.24) is 29.9 Å². The van der Waals surface area contributed by atoms with Crippen LogP contribution in [0.5, 0.6) is 0 Å². The molecule has 0 saturated carbocycles. The monoisotopic (exact) mass is 366 g/mol. The normalized spacial score (nSPS) is 12.6. The molecule has 0 bridgehead atoms. The Bertz CT molecular complexity index is 1120. The number of benzene rings is 1. The first-order valence-electron chi connectivity index (χ1n) is 8.34. The third kappa shape index (κ3) is 2.20. The predicted octanol–water partition coefficient (Wildman–Crippen LogP) is 3.99. The summed E-state index contributed by atoms with van der Waals surface area (Å²) in [7, 11) is 0. The number of halogens is 1. The molecule has 1 aliphatic rings. The fourth-order valence-electron chi connectivity index (χ4n) is 3.27. The summed E-state index contributed by atoms with van der Waals surface area (Å²) in [6, 6.07) is 5.79. The van der Waals surface area contributed by atoms with Crippen molar-refractivity contribution < 1.29 is 4.52 Å². The van der Waals surface area contributed by atoms with Crippen molar-refractivity contribution >= 4 is 11.6 Å². The van der Waals surface area contributed by atoms with Gasteiger partial charge in [0.2, 0.25) is 0 Å². The van der Waals surface area contributed by atoms with Crippen LogP contribution in [0.15, 0.2) is 35.2 Å². The zero-order valence-electron chi connectivity index (χ0n) is 14.2. The highest BCUT2D eigenvalue weighted by molar-refractivity contribution is 6.31. The molecule has 0 amide bonds. The molecule has 1 N–H and O–H groups in total. The van der Waals surface area contributed by atoms with Crippen molar-refractivity contribution in [3.05, 3.63) is 52.8 Å². The van der Waals surface area contributed by atoms with E-state index in [4.69, 9.17) is 16.1 Å². The molecule has 0 saturated heterocycles. The van der Waals surface area contributed by atoms with Gasteiger partial charge in [-0.3, -0.25) is 5.10 Å². The average Bonchev–Trinajstić information content (AvgIpc) is 3.33. The zero-order valence-corrected chi connectivity index (χ0v) is 14.9. The minimum Gasteiger partial charge on any atom is -0.332 e. The van der Waals surface area contributed by atoms with Crippen LogP contribution in [-0.2, 0) is 6.42 Å². The minimum absolute atomic E-state index is 0.192. The quantitative estimate of drug-likeness (QED) is 0.510. The number of hydrogen-bond donors (Lipinski definition) is 1. The van der Waals surface area contributed by atoms with E-state index in [0.29, 0.717) is 28.9 Å². The molecule has 4 heterocycles. The van der Waals surface area contributed by atoms with Crippen molar-refractivity contribution in [2.75, 3.05) is 0 Å². The number of hydrogen-bond acceptors (Lipinski definition) is 5. The van der Waals surface area contributed by atoms with Crippen LogP contribution in [0.1, 0.15) is 36.8 Å². The lowest BCUT2D eigenvalue weighted by molar-refractivity contribution is 0.418. The summed E-state index contributed by atoms with van der Waals surface area (Å²) in [5, 5.41) is 12.0. The van der Waals surface area contributed by atoms with E-state index < -0.39 is 0 Å². The molecule has 0 atom stereocenters. The van der Waals surface area contributed by atoms with Gasteiger partial charge in [-0.1, -0.05) is 30.6 Å². The summed E-state index contributed by atoms with van der Waals surface area (Å²) in [4.78, 5) is 9.07. The highest BCUT2D eigenvalue weighted by Gasteiger charge is 2.26. The molecule has 0 fully saturated rings. The summed E-state index contributed by atoms with van der Waals surface area (Å²) in [6.07, 6.45) is 4.27. The molecule has 26 heavy (non-hydrogen) atoms. The molecule has 3 aromatic heterocycles. The van der Waals surface area contributed by atoms with Crippen LogP contribution in [-0.4, -0.2) is 29.9 Å². The molecule has 1 aromatic carbocycles. The number of fused-ring (bicyclic) bond motifs is 5. The summed E-state index contributed by atoms with van der Waals surface area (Å²) in [5.41, 5.74) is 5.67. The lowest BCUT2D eigenvalue weighted by Crippen LogP contribution is -1.99. The molecular weight excluding hydrogens is 352 g/mol. The second kappa shape index (κ2) is 5.54. The second-order valence-electron chi connectivity index (χ2n) is 6.63. The van der Waals surface area contributed by atoms with E-state index in [1.54, 1.807) is 6.33 Å².